The maximum Gasteiger partial charge on any atom is 0.180 e. The van der Waals surface area contributed by atoms with Gasteiger partial charge in [-0.05, 0) is 30.9 Å². The van der Waals surface area contributed by atoms with Gasteiger partial charge in [0.25, 0.3) is 0 Å². The molecule has 0 radical (unpaired) electrons. The van der Waals surface area contributed by atoms with Crippen LogP contribution in [0.2, 0.25) is 0 Å². The molecule has 4 nitrogen and oxygen atoms in total. The Hall–Kier alpha value is -1.07. The molecule has 1 aliphatic rings. The number of nitrogens with one attached hydrogen (secondary N) is 1. The van der Waals surface area contributed by atoms with E-state index in [4.69, 9.17) is 5.73 Å². The Morgan fingerprint density at radius 2 is 2.05 bits per heavy atom. The van der Waals surface area contributed by atoms with Crippen LogP contribution in [0.4, 0.5) is 5.69 Å². The molecule has 118 valence electrons. The molecular formula is C16H26N2O2S. The number of rotatable bonds is 5. The third kappa shape index (κ3) is 3.24. The molecule has 1 aromatic carbocycles. The van der Waals surface area contributed by atoms with Crippen molar-refractivity contribution >= 4 is 15.5 Å². The highest BCUT2D eigenvalue weighted by atomic mass is 32.2. The molecule has 1 saturated carbocycles. The highest BCUT2D eigenvalue weighted by Gasteiger charge is 2.37. The van der Waals surface area contributed by atoms with E-state index in [-0.39, 0.29) is 11.3 Å². The van der Waals surface area contributed by atoms with Crippen molar-refractivity contribution in [1.29, 1.82) is 0 Å². The summed E-state index contributed by atoms with van der Waals surface area (Å²) in [6, 6.07) is 7.17. The number of para-hydroxylation sites is 1. The molecule has 0 aliphatic heterocycles. The second kappa shape index (κ2) is 6.36. The van der Waals surface area contributed by atoms with Crippen LogP contribution in [-0.2, 0) is 9.84 Å². The van der Waals surface area contributed by atoms with E-state index >= 15 is 0 Å². The van der Waals surface area contributed by atoms with Gasteiger partial charge in [-0.1, -0.05) is 38.8 Å². The van der Waals surface area contributed by atoms with Gasteiger partial charge in [0.05, 0.1) is 21.9 Å². The third-order valence-corrected chi connectivity index (χ3v) is 6.59. The van der Waals surface area contributed by atoms with Crippen LogP contribution in [0.25, 0.3) is 0 Å². The minimum Gasteiger partial charge on any atom is -0.377 e. The fraction of sp³-hybridized carbons (Fsp3) is 0.625. The van der Waals surface area contributed by atoms with Crippen LogP contribution in [0.5, 0.6) is 0 Å². The monoisotopic (exact) mass is 310 g/mol. The van der Waals surface area contributed by atoms with Crippen LogP contribution in [0, 0.1) is 5.92 Å². The average Bonchev–Trinajstić information content (AvgIpc) is 2.50. The summed E-state index contributed by atoms with van der Waals surface area (Å²) >= 11 is 0. The van der Waals surface area contributed by atoms with Crippen LogP contribution in [-0.4, -0.2) is 26.3 Å². The SMILES string of the molecule is CCS(=O)(=O)c1ccccc1NC1(CN)CCCCC1C. The average molecular weight is 310 g/mol. The minimum absolute atomic E-state index is 0.108. The Balaban J connectivity index is 2.39. The Bertz CT molecular complexity index is 586. The van der Waals surface area contributed by atoms with Gasteiger partial charge in [0.2, 0.25) is 0 Å². The molecular weight excluding hydrogens is 284 g/mol. The molecule has 1 fully saturated rings. The van der Waals surface area contributed by atoms with E-state index < -0.39 is 9.84 Å². The van der Waals surface area contributed by atoms with Crippen molar-refractivity contribution in [3.8, 4) is 0 Å². The lowest BCUT2D eigenvalue weighted by Crippen LogP contribution is -2.52. The summed E-state index contributed by atoms with van der Waals surface area (Å²) in [6.07, 6.45) is 4.48. The van der Waals surface area contributed by atoms with E-state index in [0.29, 0.717) is 23.0 Å². The molecule has 2 rings (SSSR count). The van der Waals surface area contributed by atoms with Crippen LogP contribution >= 0.6 is 0 Å². The topological polar surface area (TPSA) is 72.2 Å². The zero-order valence-corrected chi connectivity index (χ0v) is 13.7. The summed E-state index contributed by atoms with van der Waals surface area (Å²) in [7, 11) is -3.24. The zero-order valence-electron chi connectivity index (χ0n) is 12.9. The molecule has 0 amide bonds. The standard InChI is InChI=1S/C16H26N2O2S/c1-3-21(19,20)15-10-5-4-9-14(15)18-16(12-17)11-7-6-8-13(16)2/h4-5,9-10,13,18H,3,6-8,11-12,17H2,1-2H3. The maximum atomic E-state index is 12.3. The number of anilines is 1. The van der Waals surface area contributed by atoms with E-state index in [0.717, 1.165) is 19.3 Å². The van der Waals surface area contributed by atoms with Gasteiger partial charge in [0.15, 0.2) is 9.84 Å². The largest absolute Gasteiger partial charge is 0.377 e. The molecule has 1 aromatic rings. The molecule has 3 N–H and O–H groups in total. The molecule has 0 heterocycles. The first-order valence-corrected chi connectivity index (χ1v) is 9.40. The fourth-order valence-corrected chi connectivity index (χ4v) is 4.27. The van der Waals surface area contributed by atoms with E-state index in [1.54, 1.807) is 19.1 Å². The van der Waals surface area contributed by atoms with E-state index in [9.17, 15) is 8.42 Å². The first-order valence-electron chi connectivity index (χ1n) is 7.75. The molecule has 2 atom stereocenters. The third-order valence-electron chi connectivity index (χ3n) is 4.80. The predicted octanol–water partition coefficient (Wildman–Crippen LogP) is 2.80. The lowest BCUT2D eigenvalue weighted by Gasteiger charge is -2.43. The molecule has 0 spiro atoms. The quantitative estimate of drug-likeness (QED) is 0.877. The summed E-state index contributed by atoms with van der Waals surface area (Å²) in [4.78, 5) is 0.387. The lowest BCUT2D eigenvalue weighted by molar-refractivity contribution is 0.235. The van der Waals surface area contributed by atoms with Crippen molar-refractivity contribution in [2.75, 3.05) is 17.6 Å². The lowest BCUT2D eigenvalue weighted by atomic mass is 9.73. The smallest absolute Gasteiger partial charge is 0.180 e. The zero-order chi connectivity index (χ0) is 15.5. The Morgan fingerprint density at radius 1 is 1.33 bits per heavy atom. The Labute approximate surface area is 128 Å². The van der Waals surface area contributed by atoms with E-state index in [1.807, 2.05) is 12.1 Å². The normalized spacial score (nSPS) is 26.5. The van der Waals surface area contributed by atoms with Gasteiger partial charge in [-0.2, -0.15) is 0 Å². The van der Waals surface area contributed by atoms with Crippen LogP contribution in [0.15, 0.2) is 29.2 Å². The Morgan fingerprint density at radius 3 is 2.67 bits per heavy atom. The van der Waals surface area contributed by atoms with Crippen LogP contribution < -0.4 is 11.1 Å². The van der Waals surface area contributed by atoms with Crippen LogP contribution in [0.1, 0.15) is 39.5 Å². The minimum atomic E-state index is -3.24. The maximum absolute atomic E-state index is 12.3. The summed E-state index contributed by atoms with van der Waals surface area (Å²) in [5.41, 5.74) is 6.55. The number of hydrogen-bond donors (Lipinski definition) is 2. The van der Waals surface area contributed by atoms with E-state index in [1.165, 1.54) is 6.42 Å². The highest BCUT2D eigenvalue weighted by molar-refractivity contribution is 7.91. The van der Waals surface area contributed by atoms with Gasteiger partial charge in [-0.3, -0.25) is 0 Å². The number of hydrogen-bond acceptors (Lipinski definition) is 4. The number of sulfone groups is 1. The summed E-state index contributed by atoms with van der Waals surface area (Å²) in [6.45, 7) is 4.40. The molecule has 5 heteroatoms. The molecule has 0 bridgehead atoms. The van der Waals surface area contributed by atoms with Crippen molar-refractivity contribution in [2.45, 2.75) is 50.0 Å². The fourth-order valence-electron chi connectivity index (χ4n) is 3.22. The van der Waals surface area contributed by atoms with Gasteiger partial charge in [-0.15, -0.1) is 0 Å². The number of nitrogens with two attached hydrogens (primary N) is 1. The van der Waals surface area contributed by atoms with Crippen molar-refractivity contribution in [3.05, 3.63) is 24.3 Å². The van der Waals surface area contributed by atoms with Gasteiger partial charge in [0.1, 0.15) is 0 Å². The van der Waals surface area contributed by atoms with E-state index in [2.05, 4.69) is 12.2 Å². The van der Waals surface area contributed by atoms with Gasteiger partial charge >= 0.3 is 0 Å². The molecule has 21 heavy (non-hydrogen) atoms. The van der Waals surface area contributed by atoms with Crippen molar-refractivity contribution < 1.29 is 8.42 Å². The van der Waals surface area contributed by atoms with Gasteiger partial charge in [-0.25, -0.2) is 8.42 Å². The highest BCUT2D eigenvalue weighted by Crippen LogP contribution is 2.37. The summed E-state index contributed by atoms with van der Waals surface area (Å²) < 4.78 is 24.5. The first kappa shape index (κ1) is 16.3. The first-order chi connectivity index (χ1) is 9.95. The van der Waals surface area contributed by atoms with Crippen molar-refractivity contribution in [3.63, 3.8) is 0 Å². The predicted molar refractivity (Wildman–Crippen MR) is 87.2 cm³/mol. The van der Waals surface area contributed by atoms with Crippen LogP contribution in [0.3, 0.4) is 0 Å². The van der Waals surface area contributed by atoms with Crippen molar-refractivity contribution in [1.82, 2.24) is 0 Å². The van der Waals surface area contributed by atoms with Gasteiger partial charge in [0, 0.05) is 6.54 Å². The summed E-state index contributed by atoms with van der Waals surface area (Å²) in [5, 5.41) is 3.50. The molecule has 0 aromatic heterocycles. The summed E-state index contributed by atoms with van der Waals surface area (Å²) in [5.74, 6) is 0.547. The number of benzene rings is 1. The van der Waals surface area contributed by atoms with Gasteiger partial charge < -0.3 is 11.1 Å². The Kier molecular flexibility index (Phi) is 4.94. The van der Waals surface area contributed by atoms with Crippen molar-refractivity contribution in [2.24, 2.45) is 11.7 Å². The second-order valence-corrected chi connectivity index (χ2v) is 8.28. The molecule has 0 saturated heterocycles. The molecule has 2 unspecified atom stereocenters. The second-order valence-electron chi connectivity index (χ2n) is 6.03. The molecule has 1 aliphatic carbocycles.